The van der Waals surface area contributed by atoms with E-state index in [1.165, 1.54) is 0 Å². The van der Waals surface area contributed by atoms with Gasteiger partial charge in [0.2, 0.25) is 5.91 Å². The van der Waals surface area contributed by atoms with Gasteiger partial charge >= 0.3 is 0 Å². The molecule has 1 N–H and O–H groups in total. The van der Waals surface area contributed by atoms with E-state index in [2.05, 4.69) is 31.6 Å². The number of halogens is 1. The van der Waals surface area contributed by atoms with Crippen molar-refractivity contribution in [2.24, 2.45) is 0 Å². The number of anilines is 1. The Morgan fingerprint density at radius 1 is 1.09 bits per heavy atom. The maximum Gasteiger partial charge on any atom is 0.238 e. The average molecular weight is 486 g/mol. The molecule has 0 aliphatic carbocycles. The number of hydrogen-bond acceptors (Lipinski definition) is 6. The summed E-state index contributed by atoms with van der Waals surface area (Å²) in [6.45, 7) is 7.22. The zero-order valence-electron chi connectivity index (χ0n) is 18.7. The third-order valence-corrected chi connectivity index (χ3v) is 6.38. The molecule has 10 heteroatoms. The number of nitrogens with zero attached hydrogens (tertiary/aromatic N) is 6. The lowest BCUT2D eigenvalue weighted by molar-refractivity contribution is -0.117. The molecule has 0 spiro atoms. The molecule has 33 heavy (non-hydrogen) atoms. The molecular formula is C23H28ClN7OS. The number of piperazine rings is 1. The van der Waals surface area contributed by atoms with Crippen LogP contribution in [0.5, 0.6) is 0 Å². The maximum absolute atomic E-state index is 12.4. The van der Waals surface area contributed by atoms with Crippen LogP contribution in [0.2, 0.25) is 5.02 Å². The van der Waals surface area contributed by atoms with Crippen molar-refractivity contribution >= 4 is 35.4 Å². The van der Waals surface area contributed by atoms with E-state index >= 15 is 0 Å². The van der Waals surface area contributed by atoms with Crippen molar-refractivity contribution in [3.63, 3.8) is 0 Å². The molecule has 1 aliphatic rings. The molecule has 3 aromatic rings. The van der Waals surface area contributed by atoms with Gasteiger partial charge in [-0.05, 0) is 42.9 Å². The summed E-state index contributed by atoms with van der Waals surface area (Å²) in [4.78, 5) is 21.0. The number of rotatable bonds is 8. The number of aromatic nitrogens is 4. The van der Waals surface area contributed by atoms with Crippen LogP contribution in [0, 0.1) is 4.77 Å². The molecule has 1 aliphatic heterocycles. The summed E-state index contributed by atoms with van der Waals surface area (Å²) in [7, 11) is 0. The van der Waals surface area contributed by atoms with E-state index in [1.54, 1.807) is 24.5 Å². The topological polar surface area (TPSA) is 71.2 Å². The van der Waals surface area contributed by atoms with E-state index in [-0.39, 0.29) is 5.91 Å². The highest BCUT2D eigenvalue weighted by Gasteiger charge is 2.21. The second kappa shape index (κ2) is 11.0. The van der Waals surface area contributed by atoms with Crippen molar-refractivity contribution in [3.8, 4) is 11.4 Å². The van der Waals surface area contributed by atoms with Crippen LogP contribution in [0.25, 0.3) is 11.4 Å². The Balaban J connectivity index is 1.35. The smallest absolute Gasteiger partial charge is 0.238 e. The first-order valence-corrected chi connectivity index (χ1v) is 11.9. The number of nitrogens with one attached hydrogen (secondary N) is 1. The predicted octanol–water partition coefficient (Wildman–Crippen LogP) is 3.75. The SMILES string of the molecule is CCCn1c(-c2ccncc2)nn(CN2CCN(CC(=O)Nc3ccccc3Cl)CC2)c1=S. The highest BCUT2D eigenvalue weighted by atomic mass is 35.5. The third kappa shape index (κ3) is 5.86. The van der Waals surface area contributed by atoms with Gasteiger partial charge in [-0.3, -0.25) is 24.1 Å². The Hall–Kier alpha value is -2.59. The summed E-state index contributed by atoms with van der Waals surface area (Å²) in [5, 5.41) is 8.26. The Labute approximate surface area is 203 Å². The second-order valence-corrected chi connectivity index (χ2v) is 8.83. The Morgan fingerprint density at radius 2 is 1.79 bits per heavy atom. The molecule has 174 valence electrons. The van der Waals surface area contributed by atoms with Gasteiger partial charge in [0.15, 0.2) is 10.6 Å². The molecule has 4 rings (SSSR count). The lowest BCUT2D eigenvalue weighted by Crippen LogP contribution is -2.49. The quantitative estimate of drug-likeness (QED) is 0.490. The van der Waals surface area contributed by atoms with E-state index in [0.717, 1.165) is 55.3 Å². The summed E-state index contributed by atoms with van der Waals surface area (Å²) in [6.07, 6.45) is 4.52. The number of hydrogen-bond donors (Lipinski definition) is 1. The molecule has 1 amide bonds. The van der Waals surface area contributed by atoms with Gasteiger partial charge in [0.05, 0.1) is 23.9 Å². The van der Waals surface area contributed by atoms with Crippen LogP contribution in [-0.2, 0) is 18.0 Å². The average Bonchev–Trinajstić information content (AvgIpc) is 3.13. The van der Waals surface area contributed by atoms with Crippen molar-refractivity contribution in [1.29, 1.82) is 0 Å². The zero-order valence-corrected chi connectivity index (χ0v) is 20.2. The molecular weight excluding hydrogens is 458 g/mol. The van der Waals surface area contributed by atoms with Crippen LogP contribution >= 0.6 is 23.8 Å². The molecule has 1 aromatic carbocycles. The fourth-order valence-electron chi connectivity index (χ4n) is 3.91. The number of carbonyl (C=O) groups excluding carboxylic acids is 1. The molecule has 0 unspecified atom stereocenters. The summed E-state index contributed by atoms with van der Waals surface area (Å²) < 4.78 is 4.73. The summed E-state index contributed by atoms with van der Waals surface area (Å²) >= 11 is 11.9. The van der Waals surface area contributed by atoms with Crippen molar-refractivity contribution in [1.82, 2.24) is 29.1 Å². The van der Waals surface area contributed by atoms with Crippen molar-refractivity contribution in [2.75, 3.05) is 38.0 Å². The molecule has 0 radical (unpaired) electrons. The Kier molecular flexibility index (Phi) is 7.87. The number of para-hydroxylation sites is 1. The van der Waals surface area contributed by atoms with Gasteiger partial charge < -0.3 is 5.32 Å². The van der Waals surface area contributed by atoms with Crippen LogP contribution in [0.3, 0.4) is 0 Å². The number of carbonyl (C=O) groups is 1. The van der Waals surface area contributed by atoms with Gasteiger partial charge in [-0.2, -0.15) is 5.10 Å². The molecule has 0 atom stereocenters. The van der Waals surface area contributed by atoms with E-state index in [0.29, 0.717) is 23.9 Å². The number of pyridine rings is 1. The van der Waals surface area contributed by atoms with Crippen molar-refractivity contribution < 1.29 is 4.79 Å². The summed E-state index contributed by atoms with van der Waals surface area (Å²) in [6, 6.07) is 11.2. The second-order valence-electron chi connectivity index (χ2n) is 8.06. The van der Waals surface area contributed by atoms with Gasteiger partial charge in [-0.15, -0.1) is 0 Å². The zero-order chi connectivity index (χ0) is 23.2. The predicted molar refractivity (Wildman–Crippen MR) is 133 cm³/mol. The summed E-state index contributed by atoms with van der Waals surface area (Å²) in [5.74, 6) is 0.818. The number of benzene rings is 1. The fraction of sp³-hybridized carbons (Fsp3) is 0.391. The lowest BCUT2D eigenvalue weighted by Gasteiger charge is -2.33. The molecule has 0 bridgehead atoms. The van der Waals surface area contributed by atoms with E-state index in [1.807, 2.05) is 28.9 Å². The molecule has 1 saturated heterocycles. The van der Waals surface area contributed by atoms with Crippen LogP contribution in [0.4, 0.5) is 5.69 Å². The van der Waals surface area contributed by atoms with E-state index in [4.69, 9.17) is 28.9 Å². The first-order chi connectivity index (χ1) is 16.0. The van der Waals surface area contributed by atoms with Crippen LogP contribution in [-0.4, -0.2) is 67.8 Å². The highest BCUT2D eigenvalue weighted by molar-refractivity contribution is 7.71. The third-order valence-electron chi connectivity index (χ3n) is 5.62. The van der Waals surface area contributed by atoms with Crippen LogP contribution in [0.1, 0.15) is 13.3 Å². The van der Waals surface area contributed by atoms with Gasteiger partial charge in [0.25, 0.3) is 0 Å². The standard InChI is InChI=1S/C23H28ClN7OS/c1-2-11-30-22(18-7-9-25-10-8-18)27-31(23(30)33)17-29-14-12-28(13-15-29)16-21(32)26-20-6-4-3-5-19(20)24/h3-10H,2,11-17H2,1H3,(H,26,32). The monoisotopic (exact) mass is 485 g/mol. The largest absolute Gasteiger partial charge is 0.324 e. The van der Waals surface area contributed by atoms with Crippen molar-refractivity contribution in [3.05, 3.63) is 58.6 Å². The minimum Gasteiger partial charge on any atom is -0.324 e. The van der Waals surface area contributed by atoms with E-state index < -0.39 is 0 Å². The van der Waals surface area contributed by atoms with Gasteiger partial charge in [-0.1, -0.05) is 30.7 Å². The Bertz CT molecular complexity index is 1140. The first kappa shape index (κ1) is 23.6. The molecule has 2 aromatic heterocycles. The normalized spacial score (nSPS) is 15.0. The fourth-order valence-corrected chi connectivity index (χ4v) is 4.37. The van der Waals surface area contributed by atoms with E-state index in [9.17, 15) is 4.79 Å². The Morgan fingerprint density at radius 3 is 2.48 bits per heavy atom. The van der Waals surface area contributed by atoms with Crippen LogP contribution < -0.4 is 5.32 Å². The molecule has 1 fully saturated rings. The molecule has 3 heterocycles. The van der Waals surface area contributed by atoms with Crippen LogP contribution in [0.15, 0.2) is 48.8 Å². The molecule has 8 nitrogen and oxygen atoms in total. The number of amides is 1. The van der Waals surface area contributed by atoms with Gasteiger partial charge in [0.1, 0.15) is 0 Å². The summed E-state index contributed by atoms with van der Waals surface area (Å²) in [5.41, 5.74) is 1.66. The van der Waals surface area contributed by atoms with Crippen molar-refractivity contribution in [2.45, 2.75) is 26.6 Å². The highest BCUT2D eigenvalue weighted by Crippen LogP contribution is 2.21. The van der Waals surface area contributed by atoms with Gasteiger partial charge in [-0.25, -0.2) is 4.68 Å². The first-order valence-electron chi connectivity index (χ1n) is 11.1. The maximum atomic E-state index is 12.4. The van der Waals surface area contributed by atoms with Gasteiger partial charge in [0, 0.05) is 50.7 Å². The lowest BCUT2D eigenvalue weighted by atomic mass is 10.2. The minimum atomic E-state index is -0.0564. The minimum absolute atomic E-state index is 0.0564. The molecule has 0 saturated carbocycles.